The van der Waals surface area contributed by atoms with Gasteiger partial charge in [0.15, 0.2) is 0 Å². The van der Waals surface area contributed by atoms with Gasteiger partial charge in [0.1, 0.15) is 11.9 Å². The number of carboxylic acids is 1. The van der Waals surface area contributed by atoms with Crippen molar-refractivity contribution in [3.63, 3.8) is 0 Å². The Morgan fingerprint density at radius 3 is 2.50 bits per heavy atom. The number of nitrogens with zero attached hydrogens (tertiary/aromatic N) is 1. The molecule has 0 aliphatic rings. The molecule has 0 radical (unpaired) electrons. The predicted molar refractivity (Wildman–Crippen MR) is 101 cm³/mol. The van der Waals surface area contributed by atoms with Crippen LogP contribution in [0.5, 0.6) is 5.75 Å². The fourth-order valence-electron chi connectivity index (χ4n) is 3.00. The largest absolute Gasteiger partial charge is 0.489 e. The summed E-state index contributed by atoms with van der Waals surface area (Å²) in [7, 11) is 0. The van der Waals surface area contributed by atoms with Crippen molar-refractivity contribution in [1.82, 2.24) is 0 Å². The Labute approximate surface area is 152 Å². The number of hydrogen-bond acceptors (Lipinski definition) is 3. The van der Waals surface area contributed by atoms with Crippen LogP contribution in [0.25, 0.3) is 21.9 Å². The van der Waals surface area contributed by atoms with Gasteiger partial charge in [-0.25, -0.2) is 0 Å². The van der Waals surface area contributed by atoms with E-state index in [0.717, 1.165) is 21.9 Å². The van der Waals surface area contributed by atoms with Gasteiger partial charge in [0.2, 0.25) is 0 Å². The lowest BCUT2D eigenvalue weighted by Gasteiger charge is -2.20. The maximum absolute atomic E-state index is 11.1. The summed E-state index contributed by atoms with van der Waals surface area (Å²) in [5.41, 5.74) is 2.44. The van der Waals surface area contributed by atoms with Crippen molar-refractivity contribution in [2.24, 2.45) is 0 Å². The van der Waals surface area contributed by atoms with E-state index in [9.17, 15) is 4.79 Å². The molecule has 0 saturated carbocycles. The molecule has 0 heterocycles. The molecule has 1 atom stereocenters. The minimum absolute atomic E-state index is 0.0455. The van der Waals surface area contributed by atoms with Crippen molar-refractivity contribution in [3.05, 3.63) is 66.2 Å². The fourth-order valence-corrected chi connectivity index (χ4v) is 3.00. The number of nitriles is 1. The molecule has 0 amide bonds. The second-order valence-electron chi connectivity index (χ2n) is 6.09. The predicted octanol–water partition coefficient (Wildman–Crippen LogP) is 5.01. The van der Waals surface area contributed by atoms with E-state index in [4.69, 9.17) is 15.1 Å². The molecular weight excluding hydrogens is 326 g/mol. The minimum atomic E-state index is -0.877. The number of ether oxygens (including phenoxy) is 1. The molecule has 4 nitrogen and oxygen atoms in total. The molecule has 0 aliphatic carbocycles. The molecule has 3 aromatic rings. The van der Waals surface area contributed by atoms with Crippen LogP contribution in [0.2, 0.25) is 0 Å². The maximum Gasteiger partial charge on any atom is 0.307 e. The molecule has 0 aliphatic heterocycles. The van der Waals surface area contributed by atoms with Gasteiger partial charge in [-0.05, 0) is 41.0 Å². The third kappa shape index (κ3) is 3.68. The van der Waals surface area contributed by atoms with Crippen molar-refractivity contribution in [2.45, 2.75) is 25.9 Å². The van der Waals surface area contributed by atoms with Crippen molar-refractivity contribution >= 4 is 16.7 Å². The van der Waals surface area contributed by atoms with Crippen molar-refractivity contribution in [3.8, 4) is 22.9 Å². The van der Waals surface area contributed by atoms with Gasteiger partial charge < -0.3 is 9.84 Å². The number of carboxylic acid groups (broad SMARTS) is 1. The van der Waals surface area contributed by atoms with Gasteiger partial charge in [-0.1, -0.05) is 49.4 Å². The monoisotopic (exact) mass is 345 g/mol. The first-order valence-electron chi connectivity index (χ1n) is 8.53. The van der Waals surface area contributed by atoms with Gasteiger partial charge in [0, 0.05) is 5.56 Å². The lowest BCUT2D eigenvalue weighted by Crippen LogP contribution is -2.20. The van der Waals surface area contributed by atoms with Gasteiger partial charge >= 0.3 is 5.97 Å². The molecule has 26 heavy (non-hydrogen) atoms. The summed E-state index contributed by atoms with van der Waals surface area (Å²) in [6.45, 7) is 1.91. The number of hydrogen-bond donors (Lipinski definition) is 1. The molecule has 3 aromatic carbocycles. The number of fused-ring (bicyclic) bond motifs is 1. The SMILES string of the molecule is CCC(CC(=O)O)Oc1ccc2ccccc2c1-c1ccc(C#N)cc1. The standard InChI is InChI=1S/C22H19NO3/c1-2-18(13-21(24)25)26-20-12-11-16-5-3-4-6-19(16)22(20)17-9-7-15(14-23)8-10-17/h3-12,18H,2,13H2,1H3,(H,24,25). The molecule has 130 valence electrons. The van der Waals surface area contributed by atoms with E-state index in [1.54, 1.807) is 12.1 Å². The zero-order valence-corrected chi connectivity index (χ0v) is 14.5. The average molecular weight is 345 g/mol. The first-order chi connectivity index (χ1) is 12.6. The molecule has 4 heteroatoms. The smallest absolute Gasteiger partial charge is 0.307 e. The lowest BCUT2D eigenvalue weighted by molar-refractivity contribution is -0.138. The highest BCUT2D eigenvalue weighted by Gasteiger charge is 2.17. The Hall–Kier alpha value is -3.32. The van der Waals surface area contributed by atoms with E-state index >= 15 is 0 Å². The first kappa shape index (κ1) is 17.5. The van der Waals surface area contributed by atoms with Crippen LogP contribution in [-0.4, -0.2) is 17.2 Å². The van der Waals surface area contributed by atoms with Crippen LogP contribution in [-0.2, 0) is 4.79 Å². The number of rotatable bonds is 6. The van der Waals surface area contributed by atoms with Crippen molar-refractivity contribution in [2.75, 3.05) is 0 Å². The molecule has 0 aromatic heterocycles. The van der Waals surface area contributed by atoms with Crippen LogP contribution in [0.3, 0.4) is 0 Å². The second-order valence-corrected chi connectivity index (χ2v) is 6.09. The van der Waals surface area contributed by atoms with Crippen molar-refractivity contribution in [1.29, 1.82) is 5.26 Å². The van der Waals surface area contributed by atoms with Crippen LogP contribution < -0.4 is 4.74 Å². The normalized spacial score (nSPS) is 11.7. The Balaban J connectivity index is 2.13. The van der Waals surface area contributed by atoms with Crippen LogP contribution in [0.15, 0.2) is 60.7 Å². The third-order valence-electron chi connectivity index (χ3n) is 4.34. The van der Waals surface area contributed by atoms with Gasteiger partial charge in [-0.15, -0.1) is 0 Å². The Morgan fingerprint density at radius 2 is 1.85 bits per heavy atom. The summed E-state index contributed by atoms with van der Waals surface area (Å²) in [4.78, 5) is 11.1. The van der Waals surface area contributed by atoms with E-state index in [-0.39, 0.29) is 6.42 Å². The Kier molecular flexibility index (Phi) is 5.19. The number of carbonyl (C=O) groups is 1. The summed E-state index contributed by atoms with van der Waals surface area (Å²) in [5, 5.41) is 20.2. The molecule has 0 bridgehead atoms. The zero-order valence-electron chi connectivity index (χ0n) is 14.5. The highest BCUT2D eigenvalue weighted by atomic mass is 16.5. The average Bonchev–Trinajstić information content (AvgIpc) is 2.67. The van der Waals surface area contributed by atoms with E-state index in [1.165, 1.54) is 0 Å². The lowest BCUT2D eigenvalue weighted by atomic mass is 9.96. The minimum Gasteiger partial charge on any atom is -0.489 e. The molecular formula is C22H19NO3. The Morgan fingerprint density at radius 1 is 1.12 bits per heavy atom. The number of aliphatic carboxylic acids is 1. The van der Waals surface area contributed by atoms with E-state index in [0.29, 0.717) is 17.7 Å². The molecule has 1 N–H and O–H groups in total. The van der Waals surface area contributed by atoms with Crippen LogP contribution in [0, 0.1) is 11.3 Å². The summed E-state index contributed by atoms with van der Waals surface area (Å²) in [6, 6.07) is 21.3. The van der Waals surface area contributed by atoms with Crippen LogP contribution in [0.1, 0.15) is 25.3 Å². The van der Waals surface area contributed by atoms with Gasteiger partial charge in [-0.3, -0.25) is 4.79 Å². The quantitative estimate of drug-likeness (QED) is 0.681. The fraction of sp³-hybridized carbons (Fsp3) is 0.182. The van der Waals surface area contributed by atoms with Gasteiger partial charge in [-0.2, -0.15) is 5.26 Å². The maximum atomic E-state index is 11.1. The van der Waals surface area contributed by atoms with Crippen LogP contribution in [0.4, 0.5) is 0 Å². The number of benzene rings is 3. The van der Waals surface area contributed by atoms with Gasteiger partial charge in [0.25, 0.3) is 0 Å². The summed E-state index contributed by atoms with van der Waals surface area (Å²) in [5.74, 6) is -0.223. The zero-order chi connectivity index (χ0) is 18.5. The van der Waals surface area contributed by atoms with Crippen LogP contribution >= 0.6 is 0 Å². The Bertz CT molecular complexity index is 971. The van der Waals surface area contributed by atoms with Gasteiger partial charge in [0.05, 0.1) is 18.1 Å². The molecule has 0 spiro atoms. The molecule has 1 unspecified atom stereocenters. The first-order valence-corrected chi connectivity index (χ1v) is 8.53. The highest BCUT2D eigenvalue weighted by Crippen LogP contribution is 2.38. The molecule has 3 rings (SSSR count). The summed E-state index contributed by atoms with van der Waals surface area (Å²) >= 11 is 0. The van der Waals surface area contributed by atoms with E-state index in [1.807, 2.05) is 55.5 Å². The molecule has 0 saturated heterocycles. The van der Waals surface area contributed by atoms with Crippen molar-refractivity contribution < 1.29 is 14.6 Å². The summed E-state index contributed by atoms with van der Waals surface area (Å²) in [6.07, 6.45) is 0.160. The third-order valence-corrected chi connectivity index (χ3v) is 4.34. The van der Waals surface area contributed by atoms with E-state index < -0.39 is 12.1 Å². The summed E-state index contributed by atoms with van der Waals surface area (Å²) < 4.78 is 6.08. The topological polar surface area (TPSA) is 70.3 Å². The van der Waals surface area contributed by atoms with E-state index in [2.05, 4.69) is 6.07 Å². The molecule has 0 fully saturated rings. The highest BCUT2D eigenvalue weighted by molar-refractivity contribution is 5.99. The second kappa shape index (κ2) is 7.71.